The maximum Gasteiger partial charge on any atom is 0.131 e. The van der Waals surface area contributed by atoms with E-state index in [1.54, 1.807) is 6.07 Å². The van der Waals surface area contributed by atoms with E-state index in [1.807, 2.05) is 0 Å². The summed E-state index contributed by atoms with van der Waals surface area (Å²) in [7, 11) is 0. The summed E-state index contributed by atoms with van der Waals surface area (Å²) in [6.45, 7) is 9.59. The van der Waals surface area contributed by atoms with Gasteiger partial charge in [-0.15, -0.1) is 0 Å². The molecule has 5 heteroatoms. The summed E-state index contributed by atoms with van der Waals surface area (Å²) in [4.78, 5) is 10.3. The molecule has 1 heterocycles. The number of aromatic nitrogens is 2. The number of rotatable bonds is 6. The number of nitrogens with one attached hydrogen (secondary N) is 1. The highest BCUT2D eigenvalue weighted by Gasteiger charge is 2.07. The summed E-state index contributed by atoms with van der Waals surface area (Å²) in [5, 5.41) is 3.31. The summed E-state index contributed by atoms with van der Waals surface area (Å²) < 4.78 is 0. The smallest absolute Gasteiger partial charge is 0.131 e. The van der Waals surface area contributed by atoms with Crippen molar-refractivity contribution in [2.75, 3.05) is 30.7 Å². The zero-order valence-corrected chi connectivity index (χ0v) is 10.3. The number of nitrogen functional groups attached to an aromatic ring is 1. The maximum atomic E-state index is 5.59. The lowest BCUT2D eigenvalue weighted by atomic mass is 10.3. The number of nitrogens with zero attached hydrogens (tertiary/aromatic N) is 3. The third kappa shape index (κ3) is 4.02. The fourth-order valence-electron chi connectivity index (χ4n) is 1.62. The van der Waals surface area contributed by atoms with Gasteiger partial charge in [0.25, 0.3) is 0 Å². The van der Waals surface area contributed by atoms with Crippen molar-refractivity contribution in [2.45, 2.75) is 26.8 Å². The first kappa shape index (κ1) is 12.7. The molecule has 0 fully saturated rings. The van der Waals surface area contributed by atoms with Crippen LogP contribution < -0.4 is 11.1 Å². The highest BCUT2D eigenvalue weighted by atomic mass is 15.2. The van der Waals surface area contributed by atoms with Gasteiger partial charge in [0.05, 0.1) is 0 Å². The molecule has 0 radical (unpaired) electrons. The summed E-state index contributed by atoms with van der Waals surface area (Å²) in [6, 6.07) is 2.09. The number of hydrogen-bond donors (Lipinski definition) is 2. The Morgan fingerprint density at radius 1 is 1.38 bits per heavy atom. The molecule has 1 unspecified atom stereocenters. The molecule has 90 valence electrons. The van der Waals surface area contributed by atoms with Crippen molar-refractivity contribution in [3.63, 3.8) is 0 Å². The minimum atomic E-state index is 0.342. The van der Waals surface area contributed by atoms with Crippen molar-refractivity contribution in [1.82, 2.24) is 14.9 Å². The number of likely N-dealkylation sites (N-methyl/N-ethyl adjacent to an activating group) is 1. The van der Waals surface area contributed by atoms with Crippen LogP contribution in [-0.2, 0) is 0 Å². The zero-order chi connectivity index (χ0) is 12.0. The average Bonchev–Trinajstić information content (AvgIpc) is 2.26. The van der Waals surface area contributed by atoms with Crippen LogP contribution in [0.1, 0.15) is 20.8 Å². The Morgan fingerprint density at radius 2 is 2.06 bits per heavy atom. The Bertz CT molecular complexity index is 311. The van der Waals surface area contributed by atoms with Gasteiger partial charge in [-0.2, -0.15) is 0 Å². The van der Waals surface area contributed by atoms with E-state index in [0.29, 0.717) is 11.9 Å². The molecule has 1 rings (SSSR count). The molecule has 5 nitrogen and oxygen atoms in total. The van der Waals surface area contributed by atoms with E-state index in [1.165, 1.54) is 6.33 Å². The average molecular weight is 223 g/mol. The van der Waals surface area contributed by atoms with Crippen LogP contribution in [0.4, 0.5) is 11.6 Å². The first-order chi connectivity index (χ1) is 7.65. The lowest BCUT2D eigenvalue weighted by molar-refractivity contribution is 0.294. The van der Waals surface area contributed by atoms with Gasteiger partial charge in [-0.1, -0.05) is 13.8 Å². The Balaban J connectivity index is 2.47. The van der Waals surface area contributed by atoms with E-state index in [-0.39, 0.29) is 0 Å². The molecule has 0 aliphatic heterocycles. The van der Waals surface area contributed by atoms with Gasteiger partial charge in [0.1, 0.15) is 18.0 Å². The van der Waals surface area contributed by atoms with Gasteiger partial charge in [0.15, 0.2) is 0 Å². The summed E-state index contributed by atoms with van der Waals surface area (Å²) in [5.41, 5.74) is 5.59. The predicted molar refractivity (Wildman–Crippen MR) is 67.3 cm³/mol. The van der Waals surface area contributed by atoms with Gasteiger partial charge in [-0.25, -0.2) is 9.97 Å². The van der Waals surface area contributed by atoms with Crippen molar-refractivity contribution < 1.29 is 0 Å². The topological polar surface area (TPSA) is 67.1 Å². The van der Waals surface area contributed by atoms with Crippen molar-refractivity contribution in [2.24, 2.45) is 0 Å². The molecule has 0 saturated carbocycles. The molecule has 1 aromatic heterocycles. The van der Waals surface area contributed by atoms with Crippen molar-refractivity contribution in [3.8, 4) is 0 Å². The van der Waals surface area contributed by atoms with Crippen molar-refractivity contribution in [1.29, 1.82) is 0 Å². The summed E-state index contributed by atoms with van der Waals surface area (Å²) in [5.74, 6) is 1.28. The van der Waals surface area contributed by atoms with E-state index in [2.05, 4.69) is 41.0 Å². The molecule has 0 aromatic carbocycles. The summed E-state index contributed by atoms with van der Waals surface area (Å²) in [6.07, 6.45) is 1.47. The Kier molecular flexibility index (Phi) is 4.98. The molecule has 0 aliphatic carbocycles. The van der Waals surface area contributed by atoms with Crippen LogP contribution in [0.25, 0.3) is 0 Å². The lowest BCUT2D eigenvalue weighted by Gasteiger charge is -2.23. The van der Waals surface area contributed by atoms with E-state index in [4.69, 9.17) is 5.73 Å². The standard InChI is InChI=1S/C11H21N5/c1-4-16(5-2)7-9(3)15-11-6-10(12)13-8-14-11/h6,8-9H,4-5,7H2,1-3H3,(H3,12,13,14,15). The quantitative estimate of drug-likeness (QED) is 0.758. The molecule has 1 atom stereocenters. The van der Waals surface area contributed by atoms with E-state index < -0.39 is 0 Å². The van der Waals surface area contributed by atoms with E-state index in [0.717, 1.165) is 25.5 Å². The van der Waals surface area contributed by atoms with Gasteiger partial charge in [0, 0.05) is 18.7 Å². The molecule has 0 aliphatic rings. The minimum Gasteiger partial charge on any atom is -0.384 e. The number of nitrogens with two attached hydrogens (primary N) is 1. The Morgan fingerprint density at radius 3 is 2.62 bits per heavy atom. The Labute approximate surface area is 97.1 Å². The number of anilines is 2. The normalized spacial score (nSPS) is 12.8. The van der Waals surface area contributed by atoms with Crippen LogP contribution in [0.3, 0.4) is 0 Å². The van der Waals surface area contributed by atoms with Gasteiger partial charge in [-0.3, -0.25) is 0 Å². The van der Waals surface area contributed by atoms with Gasteiger partial charge < -0.3 is 16.0 Å². The second-order valence-electron chi connectivity index (χ2n) is 3.86. The fourth-order valence-corrected chi connectivity index (χ4v) is 1.62. The van der Waals surface area contributed by atoms with E-state index >= 15 is 0 Å². The first-order valence-corrected chi connectivity index (χ1v) is 5.72. The third-order valence-corrected chi connectivity index (χ3v) is 2.51. The molecule has 0 spiro atoms. The van der Waals surface area contributed by atoms with Crippen molar-refractivity contribution in [3.05, 3.63) is 12.4 Å². The largest absolute Gasteiger partial charge is 0.384 e. The molecular formula is C11H21N5. The third-order valence-electron chi connectivity index (χ3n) is 2.51. The van der Waals surface area contributed by atoms with Gasteiger partial charge >= 0.3 is 0 Å². The van der Waals surface area contributed by atoms with E-state index in [9.17, 15) is 0 Å². The second kappa shape index (κ2) is 6.27. The SMILES string of the molecule is CCN(CC)CC(C)Nc1cc(N)ncn1. The molecule has 1 aromatic rings. The van der Waals surface area contributed by atoms with Crippen LogP contribution >= 0.6 is 0 Å². The van der Waals surface area contributed by atoms with Crippen LogP contribution in [0.5, 0.6) is 0 Å². The van der Waals surface area contributed by atoms with Crippen LogP contribution in [-0.4, -0.2) is 40.5 Å². The van der Waals surface area contributed by atoms with Gasteiger partial charge in [0.2, 0.25) is 0 Å². The monoisotopic (exact) mass is 223 g/mol. The van der Waals surface area contributed by atoms with Crippen LogP contribution in [0, 0.1) is 0 Å². The molecule has 0 amide bonds. The molecule has 3 N–H and O–H groups in total. The number of hydrogen-bond acceptors (Lipinski definition) is 5. The molecular weight excluding hydrogens is 202 g/mol. The fraction of sp³-hybridized carbons (Fsp3) is 0.636. The molecule has 16 heavy (non-hydrogen) atoms. The second-order valence-corrected chi connectivity index (χ2v) is 3.86. The molecule has 0 bridgehead atoms. The highest BCUT2D eigenvalue weighted by Crippen LogP contribution is 2.07. The van der Waals surface area contributed by atoms with Crippen LogP contribution in [0.2, 0.25) is 0 Å². The summed E-state index contributed by atoms with van der Waals surface area (Å²) >= 11 is 0. The highest BCUT2D eigenvalue weighted by molar-refractivity contribution is 5.43. The predicted octanol–water partition coefficient (Wildman–Crippen LogP) is 1.20. The zero-order valence-electron chi connectivity index (χ0n) is 10.3. The first-order valence-electron chi connectivity index (χ1n) is 5.72. The molecule has 0 saturated heterocycles. The lowest BCUT2D eigenvalue weighted by Crippen LogP contribution is -2.34. The van der Waals surface area contributed by atoms with Crippen LogP contribution in [0.15, 0.2) is 12.4 Å². The maximum absolute atomic E-state index is 5.59. The Hall–Kier alpha value is -1.36. The van der Waals surface area contributed by atoms with Crippen molar-refractivity contribution >= 4 is 11.6 Å². The van der Waals surface area contributed by atoms with Gasteiger partial charge in [-0.05, 0) is 20.0 Å². The minimum absolute atomic E-state index is 0.342.